The van der Waals surface area contributed by atoms with E-state index in [0.29, 0.717) is 11.4 Å². The van der Waals surface area contributed by atoms with Gasteiger partial charge in [0.2, 0.25) is 5.95 Å². The highest BCUT2D eigenvalue weighted by molar-refractivity contribution is 6.62. The molecule has 3 nitrogen and oxygen atoms in total. The summed E-state index contributed by atoms with van der Waals surface area (Å²) >= 11 is 0. The standard InChI is InChI=1S/C15H21BFNO2/c1-14(2)15(3,4)20-16(19-14)11-8-9-12(18-13(11)17)10-6-5-7-10/h8-10H,5-7H2,1-4H3. The fraction of sp³-hybridized carbons (Fsp3) is 0.667. The fourth-order valence-corrected chi connectivity index (χ4v) is 2.54. The Bertz CT molecular complexity index is 513. The monoisotopic (exact) mass is 277 g/mol. The van der Waals surface area contributed by atoms with Crippen LogP contribution < -0.4 is 5.46 Å². The van der Waals surface area contributed by atoms with Gasteiger partial charge >= 0.3 is 7.12 Å². The molecule has 2 aliphatic rings. The molecule has 0 amide bonds. The lowest BCUT2D eigenvalue weighted by Crippen LogP contribution is -2.41. The maximum atomic E-state index is 14.3. The molecule has 2 fully saturated rings. The highest BCUT2D eigenvalue weighted by Crippen LogP contribution is 2.37. The van der Waals surface area contributed by atoms with Gasteiger partial charge in [0, 0.05) is 17.1 Å². The van der Waals surface area contributed by atoms with Crippen molar-refractivity contribution in [3.8, 4) is 0 Å². The summed E-state index contributed by atoms with van der Waals surface area (Å²) in [5.74, 6) is -0.0373. The molecule has 1 aromatic rings. The SMILES string of the molecule is CC1(C)OB(c2ccc(C3CCC3)nc2F)OC1(C)C. The minimum Gasteiger partial charge on any atom is -0.399 e. The molecule has 3 rings (SSSR count). The largest absolute Gasteiger partial charge is 0.499 e. The van der Waals surface area contributed by atoms with E-state index >= 15 is 0 Å². The number of rotatable bonds is 2. The van der Waals surface area contributed by atoms with Gasteiger partial charge in [-0.1, -0.05) is 12.5 Å². The molecule has 0 spiro atoms. The van der Waals surface area contributed by atoms with Gasteiger partial charge in [-0.25, -0.2) is 4.98 Å². The Labute approximate surface area is 120 Å². The van der Waals surface area contributed by atoms with Crippen molar-refractivity contribution in [2.75, 3.05) is 0 Å². The average Bonchev–Trinajstić information content (AvgIpc) is 2.45. The number of aromatic nitrogens is 1. The second-order valence-corrected chi connectivity index (χ2v) is 6.83. The molecule has 1 saturated carbocycles. The zero-order chi connectivity index (χ0) is 14.5. The van der Waals surface area contributed by atoms with Crippen LogP contribution in [0.25, 0.3) is 0 Å². The maximum Gasteiger partial charge on any atom is 0.499 e. The molecule has 0 atom stereocenters. The van der Waals surface area contributed by atoms with Crippen LogP contribution in [0.4, 0.5) is 4.39 Å². The van der Waals surface area contributed by atoms with E-state index in [9.17, 15) is 4.39 Å². The second kappa shape index (κ2) is 4.53. The predicted molar refractivity (Wildman–Crippen MR) is 76.5 cm³/mol. The molecule has 0 unspecified atom stereocenters. The van der Waals surface area contributed by atoms with Crippen molar-refractivity contribution in [2.45, 2.75) is 64.1 Å². The smallest absolute Gasteiger partial charge is 0.399 e. The summed E-state index contributed by atoms with van der Waals surface area (Å²) in [6.45, 7) is 7.84. The van der Waals surface area contributed by atoms with E-state index in [-0.39, 0.29) is 0 Å². The van der Waals surface area contributed by atoms with Crippen molar-refractivity contribution in [1.29, 1.82) is 0 Å². The van der Waals surface area contributed by atoms with Gasteiger partial charge < -0.3 is 9.31 Å². The van der Waals surface area contributed by atoms with Gasteiger partial charge in [0.1, 0.15) is 0 Å². The number of nitrogens with zero attached hydrogens (tertiary/aromatic N) is 1. The first-order chi connectivity index (χ1) is 9.30. The van der Waals surface area contributed by atoms with Crippen LogP contribution in [0, 0.1) is 5.95 Å². The summed E-state index contributed by atoms with van der Waals surface area (Å²) in [4.78, 5) is 4.11. The van der Waals surface area contributed by atoms with Crippen LogP contribution in [0.1, 0.15) is 58.6 Å². The van der Waals surface area contributed by atoms with Gasteiger partial charge in [-0.15, -0.1) is 0 Å². The molecule has 5 heteroatoms. The van der Waals surface area contributed by atoms with Crippen LogP contribution in [0.3, 0.4) is 0 Å². The first-order valence-electron chi connectivity index (χ1n) is 7.32. The lowest BCUT2D eigenvalue weighted by molar-refractivity contribution is 0.00578. The normalized spacial score (nSPS) is 24.8. The quantitative estimate of drug-likeness (QED) is 0.615. The Morgan fingerprint density at radius 1 is 1.15 bits per heavy atom. The van der Waals surface area contributed by atoms with Crippen molar-refractivity contribution < 1.29 is 13.7 Å². The first-order valence-corrected chi connectivity index (χ1v) is 7.32. The molecule has 1 aliphatic carbocycles. The highest BCUT2D eigenvalue weighted by atomic mass is 19.1. The number of hydrogen-bond acceptors (Lipinski definition) is 3. The highest BCUT2D eigenvalue weighted by Gasteiger charge is 2.52. The minimum atomic E-state index is -0.678. The molecule has 0 N–H and O–H groups in total. The van der Waals surface area contributed by atoms with E-state index in [1.807, 2.05) is 33.8 Å². The molecular weight excluding hydrogens is 256 g/mol. The summed E-state index contributed by atoms with van der Waals surface area (Å²) in [5, 5.41) is 0. The van der Waals surface area contributed by atoms with Gasteiger partial charge in [0.15, 0.2) is 0 Å². The van der Waals surface area contributed by atoms with E-state index < -0.39 is 24.3 Å². The molecule has 1 aromatic heterocycles. The van der Waals surface area contributed by atoms with Gasteiger partial charge in [0.25, 0.3) is 0 Å². The molecule has 1 aliphatic heterocycles. The van der Waals surface area contributed by atoms with Gasteiger partial charge in [0.05, 0.1) is 11.2 Å². The third-order valence-corrected chi connectivity index (χ3v) is 4.93. The van der Waals surface area contributed by atoms with E-state index in [0.717, 1.165) is 18.5 Å². The molecule has 0 aromatic carbocycles. The van der Waals surface area contributed by atoms with E-state index in [4.69, 9.17) is 9.31 Å². The zero-order valence-electron chi connectivity index (χ0n) is 12.6. The summed E-state index contributed by atoms with van der Waals surface area (Å²) in [7, 11) is -0.678. The van der Waals surface area contributed by atoms with Crippen LogP contribution in [-0.2, 0) is 9.31 Å². The van der Waals surface area contributed by atoms with E-state index in [2.05, 4.69) is 4.98 Å². The van der Waals surface area contributed by atoms with Crippen molar-refractivity contribution >= 4 is 12.6 Å². The van der Waals surface area contributed by atoms with Crippen molar-refractivity contribution in [3.63, 3.8) is 0 Å². The summed E-state index contributed by atoms with van der Waals surface area (Å²) in [6, 6.07) is 3.67. The van der Waals surface area contributed by atoms with Crippen LogP contribution >= 0.6 is 0 Å². The van der Waals surface area contributed by atoms with Crippen LogP contribution in [0.15, 0.2) is 12.1 Å². The molecule has 0 radical (unpaired) electrons. The Balaban J connectivity index is 1.85. The molecule has 108 valence electrons. The lowest BCUT2D eigenvalue weighted by atomic mass is 9.78. The molecular formula is C15H21BFNO2. The Hall–Kier alpha value is -0.935. The number of hydrogen-bond donors (Lipinski definition) is 0. The third kappa shape index (κ3) is 2.17. The number of halogens is 1. The average molecular weight is 277 g/mol. The Kier molecular flexibility index (Phi) is 3.18. The lowest BCUT2D eigenvalue weighted by Gasteiger charge is -2.32. The first kappa shape index (κ1) is 14.0. The summed E-state index contributed by atoms with van der Waals surface area (Å²) in [5.41, 5.74) is 0.328. The zero-order valence-corrected chi connectivity index (χ0v) is 12.6. The van der Waals surface area contributed by atoms with Gasteiger partial charge in [-0.2, -0.15) is 4.39 Å². The van der Waals surface area contributed by atoms with Crippen molar-refractivity contribution in [1.82, 2.24) is 4.98 Å². The van der Waals surface area contributed by atoms with Crippen molar-refractivity contribution in [3.05, 3.63) is 23.8 Å². The Morgan fingerprint density at radius 2 is 1.75 bits per heavy atom. The summed E-state index contributed by atoms with van der Waals surface area (Å²) in [6.07, 6.45) is 3.44. The van der Waals surface area contributed by atoms with E-state index in [1.54, 1.807) is 6.07 Å². The summed E-state index contributed by atoms with van der Waals surface area (Å²) < 4.78 is 26.0. The second-order valence-electron chi connectivity index (χ2n) is 6.83. The predicted octanol–water partition coefficient (Wildman–Crippen LogP) is 2.79. The maximum absolute atomic E-state index is 14.3. The van der Waals surface area contributed by atoms with Gasteiger partial charge in [-0.3, -0.25) is 0 Å². The molecule has 20 heavy (non-hydrogen) atoms. The minimum absolute atomic E-state index is 0.395. The van der Waals surface area contributed by atoms with Gasteiger partial charge in [-0.05, 0) is 46.6 Å². The molecule has 2 heterocycles. The van der Waals surface area contributed by atoms with Crippen LogP contribution in [0.5, 0.6) is 0 Å². The topological polar surface area (TPSA) is 31.4 Å². The van der Waals surface area contributed by atoms with E-state index in [1.165, 1.54) is 6.42 Å². The molecule has 0 bridgehead atoms. The van der Waals surface area contributed by atoms with Crippen LogP contribution in [-0.4, -0.2) is 23.3 Å². The fourth-order valence-electron chi connectivity index (χ4n) is 2.54. The third-order valence-electron chi connectivity index (χ3n) is 4.93. The van der Waals surface area contributed by atoms with Crippen molar-refractivity contribution in [2.24, 2.45) is 0 Å². The number of pyridine rings is 1. The van der Waals surface area contributed by atoms with Crippen LogP contribution in [0.2, 0.25) is 0 Å². The Morgan fingerprint density at radius 3 is 2.20 bits per heavy atom. The molecule has 1 saturated heterocycles.